The molecule has 1 aromatic heterocycles. The maximum absolute atomic E-state index is 13.1. The Balaban J connectivity index is 2.51. The lowest BCUT2D eigenvalue weighted by atomic mass is 10.1. The number of nitrogens with zero attached hydrogens (tertiary/aromatic N) is 1. The van der Waals surface area contributed by atoms with E-state index in [1.165, 1.54) is 24.4 Å². The number of ketones is 1. The van der Waals surface area contributed by atoms with E-state index in [-0.39, 0.29) is 21.3 Å². The first-order chi connectivity index (χ1) is 8.09. The Hall–Kier alpha value is -1.45. The quantitative estimate of drug-likeness (QED) is 0.778. The number of hydrogen-bond donors (Lipinski definition) is 0. The van der Waals surface area contributed by atoms with Gasteiger partial charge in [0.05, 0.1) is 10.0 Å². The van der Waals surface area contributed by atoms with Crippen molar-refractivity contribution in [1.82, 2.24) is 4.98 Å². The van der Waals surface area contributed by atoms with Crippen molar-refractivity contribution < 1.29 is 9.18 Å². The zero-order valence-corrected chi connectivity index (χ0v) is 9.97. The molecule has 5 heteroatoms. The molecule has 2 aromatic rings. The van der Waals surface area contributed by atoms with Crippen LogP contribution < -0.4 is 0 Å². The molecule has 0 aliphatic rings. The van der Waals surface area contributed by atoms with Gasteiger partial charge in [0.15, 0.2) is 0 Å². The summed E-state index contributed by atoms with van der Waals surface area (Å²) in [6.07, 6.45) is 1.44. The fourth-order valence-electron chi connectivity index (χ4n) is 1.35. The molecule has 2 rings (SSSR count). The summed E-state index contributed by atoms with van der Waals surface area (Å²) in [6.45, 7) is 0. The highest BCUT2D eigenvalue weighted by atomic mass is 35.5. The highest BCUT2D eigenvalue weighted by Gasteiger charge is 2.17. The molecule has 0 fully saturated rings. The number of carbonyl (C=O) groups excluding carboxylic acids is 1. The fourth-order valence-corrected chi connectivity index (χ4v) is 1.76. The molecule has 0 radical (unpaired) electrons. The van der Waals surface area contributed by atoms with Crippen LogP contribution in [0, 0.1) is 5.82 Å². The molecule has 0 atom stereocenters. The van der Waals surface area contributed by atoms with Gasteiger partial charge in [-0.2, -0.15) is 0 Å². The number of halogens is 3. The van der Waals surface area contributed by atoms with Crippen LogP contribution in [0.15, 0.2) is 36.5 Å². The summed E-state index contributed by atoms with van der Waals surface area (Å²) in [5.74, 6) is -1.04. The van der Waals surface area contributed by atoms with E-state index in [0.717, 1.165) is 6.07 Å². The van der Waals surface area contributed by atoms with Gasteiger partial charge in [0, 0.05) is 11.8 Å². The average Bonchev–Trinajstić information content (AvgIpc) is 2.32. The minimum absolute atomic E-state index is 0.0484. The second-order valence-electron chi connectivity index (χ2n) is 3.29. The van der Waals surface area contributed by atoms with Crippen molar-refractivity contribution in [3.05, 3.63) is 63.6 Å². The summed E-state index contributed by atoms with van der Waals surface area (Å²) >= 11 is 11.7. The normalized spacial score (nSPS) is 10.3. The van der Waals surface area contributed by atoms with Gasteiger partial charge in [0.2, 0.25) is 5.78 Å². The molecule has 0 bridgehead atoms. The summed E-state index contributed by atoms with van der Waals surface area (Å²) in [7, 11) is 0. The van der Waals surface area contributed by atoms with Gasteiger partial charge in [-0.05, 0) is 30.3 Å². The van der Waals surface area contributed by atoms with Crippen LogP contribution in [0.4, 0.5) is 4.39 Å². The summed E-state index contributed by atoms with van der Waals surface area (Å²) in [4.78, 5) is 15.9. The lowest BCUT2D eigenvalue weighted by Gasteiger charge is -2.04. The van der Waals surface area contributed by atoms with E-state index in [9.17, 15) is 9.18 Å². The van der Waals surface area contributed by atoms with Gasteiger partial charge in [0.25, 0.3) is 0 Å². The zero-order chi connectivity index (χ0) is 12.4. The second-order valence-corrected chi connectivity index (χ2v) is 4.10. The van der Waals surface area contributed by atoms with Crippen molar-refractivity contribution in [1.29, 1.82) is 0 Å². The van der Waals surface area contributed by atoms with Crippen molar-refractivity contribution in [3.63, 3.8) is 0 Å². The molecule has 0 saturated heterocycles. The van der Waals surface area contributed by atoms with Crippen LogP contribution >= 0.6 is 23.2 Å². The van der Waals surface area contributed by atoms with Gasteiger partial charge in [-0.1, -0.05) is 23.2 Å². The van der Waals surface area contributed by atoms with Crippen molar-refractivity contribution in [2.45, 2.75) is 0 Å². The zero-order valence-electron chi connectivity index (χ0n) is 8.45. The van der Waals surface area contributed by atoms with Crippen LogP contribution in [0.2, 0.25) is 10.0 Å². The SMILES string of the molecule is O=C(c1cc(F)ccc1Cl)c1ncccc1Cl. The van der Waals surface area contributed by atoms with E-state index in [4.69, 9.17) is 23.2 Å². The first-order valence-corrected chi connectivity index (χ1v) is 5.45. The maximum Gasteiger partial charge on any atom is 0.214 e. The van der Waals surface area contributed by atoms with E-state index in [1.807, 2.05) is 0 Å². The third-order valence-corrected chi connectivity index (χ3v) is 2.78. The Morgan fingerprint density at radius 3 is 2.65 bits per heavy atom. The lowest BCUT2D eigenvalue weighted by molar-refractivity contribution is 0.103. The van der Waals surface area contributed by atoms with Crippen LogP contribution in [-0.4, -0.2) is 10.8 Å². The molecule has 17 heavy (non-hydrogen) atoms. The number of benzene rings is 1. The van der Waals surface area contributed by atoms with Gasteiger partial charge in [-0.3, -0.25) is 9.78 Å². The Labute approximate surface area is 107 Å². The molecule has 0 unspecified atom stereocenters. The van der Waals surface area contributed by atoms with Crippen LogP contribution in [0.3, 0.4) is 0 Å². The monoisotopic (exact) mass is 269 g/mol. The fraction of sp³-hybridized carbons (Fsp3) is 0. The first-order valence-electron chi connectivity index (χ1n) is 4.70. The molecule has 0 aliphatic carbocycles. The topological polar surface area (TPSA) is 30.0 Å². The van der Waals surface area contributed by atoms with Gasteiger partial charge < -0.3 is 0 Å². The van der Waals surface area contributed by atoms with Crippen LogP contribution in [0.1, 0.15) is 16.1 Å². The number of rotatable bonds is 2. The van der Waals surface area contributed by atoms with Gasteiger partial charge in [0.1, 0.15) is 11.5 Å². The largest absolute Gasteiger partial charge is 0.287 e. The average molecular weight is 270 g/mol. The minimum Gasteiger partial charge on any atom is -0.287 e. The van der Waals surface area contributed by atoms with Crippen molar-refractivity contribution in [2.24, 2.45) is 0 Å². The third-order valence-electron chi connectivity index (χ3n) is 2.15. The highest BCUT2D eigenvalue weighted by molar-refractivity contribution is 6.37. The molecule has 0 amide bonds. The van der Waals surface area contributed by atoms with Crippen LogP contribution in [0.25, 0.3) is 0 Å². The minimum atomic E-state index is -0.537. The molecule has 1 aromatic carbocycles. The van der Waals surface area contributed by atoms with Crippen molar-refractivity contribution in [2.75, 3.05) is 0 Å². The smallest absolute Gasteiger partial charge is 0.214 e. The molecule has 1 heterocycles. The lowest BCUT2D eigenvalue weighted by Crippen LogP contribution is -2.06. The van der Waals surface area contributed by atoms with E-state index in [0.29, 0.717) is 0 Å². The predicted molar refractivity (Wildman–Crippen MR) is 64.1 cm³/mol. The molecule has 0 saturated carbocycles. The van der Waals surface area contributed by atoms with Crippen molar-refractivity contribution >= 4 is 29.0 Å². The number of hydrogen-bond acceptors (Lipinski definition) is 2. The molecule has 0 spiro atoms. The summed E-state index contributed by atoms with van der Waals surface area (Å²) in [6, 6.07) is 6.71. The number of carbonyl (C=O) groups is 1. The second kappa shape index (κ2) is 4.82. The van der Waals surface area contributed by atoms with Gasteiger partial charge in [-0.25, -0.2) is 4.39 Å². The molecule has 0 aliphatic heterocycles. The Bertz CT molecular complexity index is 586. The Kier molecular flexibility index (Phi) is 3.41. The summed E-state index contributed by atoms with van der Waals surface area (Å²) in [5.41, 5.74) is 0.105. The Morgan fingerprint density at radius 1 is 1.18 bits per heavy atom. The molecule has 2 nitrogen and oxygen atoms in total. The third kappa shape index (κ3) is 2.46. The van der Waals surface area contributed by atoms with E-state index in [2.05, 4.69) is 4.98 Å². The standard InChI is InChI=1S/C12H6Cl2FNO/c13-9-4-3-7(15)6-8(9)12(17)11-10(14)2-1-5-16-11/h1-6H. The molecular formula is C12H6Cl2FNO. The first kappa shape index (κ1) is 12.0. The van der Waals surface area contributed by atoms with E-state index >= 15 is 0 Å². The number of pyridine rings is 1. The van der Waals surface area contributed by atoms with Crippen LogP contribution in [-0.2, 0) is 0 Å². The molecule has 0 N–H and O–H groups in total. The van der Waals surface area contributed by atoms with Crippen LogP contribution in [0.5, 0.6) is 0 Å². The van der Waals surface area contributed by atoms with Gasteiger partial charge >= 0.3 is 0 Å². The molecular weight excluding hydrogens is 264 g/mol. The predicted octanol–water partition coefficient (Wildman–Crippen LogP) is 3.76. The summed E-state index contributed by atoms with van der Waals surface area (Å²) in [5, 5.41) is 0.371. The van der Waals surface area contributed by atoms with Crippen molar-refractivity contribution in [3.8, 4) is 0 Å². The Morgan fingerprint density at radius 2 is 1.94 bits per heavy atom. The molecule has 86 valence electrons. The van der Waals surface area contributed by atoms with E-state index in [1.54, 1.807) is 6.07 Å². The number of aromatic nitrogens is 1. The maximum atomic E-state index is 13.1. The van der Waals surface area contributed by atoms with E-state index < -0.39 is 11.6 Å². The summed E-state index contributed by atoms with van der Waals surface area (Å²) < 4.78 is 13.1. The highest BCUT2D eigenvalue weighted by Crippen LogP contribution is 2.23. The van der Waals surface area contributed by atoms with Gasteiger partial charge in [-0.15, -0.1) is 0 Å².